The van der Waals surface area contributed by atoms with E-state index in [1.165, 1.54) is 10.9 Å². The zero-order valence-electron chi connectivity index (χ0n) is 11.9. The fourth-order valence-corrected chi connectivity index (χ4v) is 3.08. The molecule has 0 radical (unpaired) electrons. The van der Waals surface area contributed by atoms with Crippen molar-refractivity contribution in [3.8, 4) is 0 Å². The smallest absolute Gasteiger partial charge is 0.261 e. The molecule has 2 heterocycles. The number of nitrogens with zero attached hydrogens (tertiary/aromatic N) is 4. The number of pyridine rings is 1. The second kappa shape index (κ2) is 6.00. The van der Waals surface area contributed by atoms with Gasteiger partial charge in [0.15, 0.2) is 0 Å². The number of aryl methyl sites for hydroxylation is 1. The van der Waals surface area contributed by atoms with Crippen LogP contribution in [0, 0.1) is 0 Å². The van der Waals surface area contributed by atoms with E-state index in [9.17, 15) is 8.42 Å². The Morgan fingerprint density at radius 3 is 2.67 bits per heavy atom. The van der Waals surface area contributed by atoms with Gasteiger partial charge in [-0.05, 0) is 17.7 Å². The van der Waals surface area contributed by atoms with Gasteiger partial charge in [0.25, 0.3) is 10.0 Å². The van der Waals surface area contributed by atoms with E-state index in [1.54, 1.807) is 19.3 Å². The molecule has 0 aliphatic heterocycles. The second-order valence-electron chi connectivity index (χ2n) is 4.69. The summed E-state index contributed by atoms with van der Waals surface area (Å²) in [7, 11) is 1.61. The number of rotatable bonds is 5. The van der Waals surface area contributed by atoms with Gasteiger partial charge in [0.05, 0.1) is 6.33 Å². The number of hydrogen-bond acceptors (Lipinski definition) is 5. The Bertz CT molecular complexity index is 742. The van der Waals surface area contributed by atoms with Crippen LogP contribution >= 0.6 is 11.6 Å². The van der Waals surface area contributed by atoms with Gasteiger partial charge in [-0.1, -0.05) is 11.6 Å². The lowest BCUT2D eigenvalue weighted by Crippen LogP contribution is -2.24. The first kappa shape index (κ1) is 15.7. The van der Waals surface area contributed by atoms with Crippen molar-refractivity contribution in [1.82, 2.24) is 19.3 Å². The first-order valence-corrected chi connectivity index (χ1v) is 7.96. The maximum atomic E-state index is 12.2. The first-order chi connectivity index (χ1) is 9.81. The van der Waals surface area contributed by atoms with Crippen LogP contribution in [0.4, 0.5) is 5.82 Å². The zero-order valence-corrected chi connectivity index (χ0v) is 13.5. The van der Waals surface area contributed by atoms with Crippen LogP contribution in [0.3, 0.4) is 0 Å². The standard InChI is InChI=1S/C12H16ClN5O2S/c1-17(2)10-6-9(4-5-14-10)7-16-21(19,20)12-11(13)18(3)8-15-12/h4-6,8,16H,7H2,1-3H3. The lowest BCUT2D eigenvalue weighted by molar-refractivity contribution is 0.578. The minimum atomic E-state index is -3.75. The van der Waals surface area contributed by atoms with Gasteiger partial charge in [0.2, 0.25) is 5.03 Å². The molecule has 0 unspecified atom stereocenters. The third kappa shape index (κ3) is 3.52. The molecule has 9 heteroatoms. The molecular formula is C12H16ClN5O2S. The summed E-state index contributed by atoms with van der Waals surface area (Å²) in [6.45, 7) is 0.137. The lowest BCUT2D eigenvalue weighted by Gasteiger charge is -2.12. The number of sulfonamides is 1. The zero-order chi connectivity index (χ0) is 15.6. The number of nitrogens with one attached hydrogen (secondary N) is 1. The minimum Gasteiger partial charge on any atom is -0.363 e. The van der Waals surface area contributed by atoms with Crippen LogP contribution in [0.2, 0.25) is 5.15 Å². The highest BCUT2D eigenvalue weighted by Gasteiger charge is 2.21. The van der Waals surface area contributed by atoms with E-state index in [-0.39, 0.29) is 16.7 Å². The van der Waals surface area contributed by atoms with Gasteiger partial charge in [-0.2, -0.15) is 0 Å². The monoisotopic (exact) mass is 329 g/mol. The van der Waals surface area contributed by atoms with Crippen LogP contribution in [0.15, 0.2) is 29.7 Å². The molecule has 114 valence electrons. The Labute approximate surface area is 128 Å². The molecule has 0 fully saturated rings. The van der Waals surface area contributed by atoms with Crippen LogP contribution in [-0.2, 0) is 23.6 Å². The topological polar surface area (TPSA) is 80.1 Å². The Morgan fingerprint density at radius 2 is 2.10 bits per heavy atom. The number of aromatic nitrogens is 3. The number of imidazole rings is 1. The molecule has 0 saturated carbocycles. The SMILES string of the molecule is CN(C)c1cc(CNS(=O)(=O)c2ncn(C)c2Cl)ccn1. The molecule has 2 rings (SSSR count). The Morgan fingerprint density at radius 1 is 1.38 bits per heavy atom. The summed E-state index contributed by atoms with van der Waals surface area (Å²) >= 11 is 5.91. The van der Waals surface area contributed by atoms with Crippen molar-refractivity contribution >= 4 is 27.4 Å². The van der Waals surface area contributed by atoms with E-state index in [0.29, 0.717) is 0 Å². The third-order valence-corrected chi connectivity index (χ3v) is 4.71. The number of halogens is 1. The van der Waals surface area contributed by atoms with Gasteiger partial charge in [-0.25, -0.2) is 23.1 Å². The van der Waals surface area contributed by atoms with Crippen LogP contribution in [0.5, 0.6) is 0 Å². The highest BCUT2D eigenvalue weighted by atomic mass is 35.5. The molecule has 0 aromatic carbocycles. The number of hydrogen-bond donors (Lipinski definition) is 1. The van der Waals surface area contributed by atoms with E-state index in [1.807, 2.05) is 25.1 Å². The largest absolute Gasteiger partial charge is 0.363 e. The van der Waals surface area contributed by atoms with Crippen molar-refractivity contribution in [2.45, 2.75) is 11.6 Å². The van der Waals surface area contributed by atoms with Crippen molar-refractivity contribution < 1.29 is 8.42 Å². The van der Waals surface area contributed by atoms with Crippen LogP contribution in [0.25, 0.3) is 0 Å². The second-order valence-corrected chi connectivity index (χ2v) is 6.73. The highest BCUT2D eigenvalue weighted by molar-refractivity contribution is 7.89. The van der Waals surface area contributed by atoms with Crippen LogP contribution < -0.4 is 9.62 Å². The first-order valence-electron chi connectivity index (χ1n) is 6.10. The van der Waals surface area contributed by atoms with Crippen molar-refractivity contribution in [2.75, 3.05) is 19.0 Å². The van der Waals surface area contributed by atoms with Crippen molar-refractivity contribution in [3.63, 3.8) is 0 Å². The molecule has 0 atom stereocenters. The fourth-order valence-electron chi connectivity index (χ4n) is 1.64. The molecule has 2 aromatic heterocycles. The Kier molecular flexibility index (Phi) is 4.50. The van der Waals surface area contributed by atoms with Gasteiger partial charge in [0.1, 0.15) is 11.0 Å². The van der Waals surface area contributed by atoms with Crippen LogP contribution in [0.1, 0.15) is 5.56 Å². The van der Waals surface area contributed by atoms with E-state index >= 15 is 0 Å². The quantitative estimate of drug-likeness (QED) is 0.885. The predicted octanol–water partition coefficient (Wildman–Crippen LogP) is 1.01. The molecule has 0 amide bonds. The van der Waals surface area contributed by atoms with Gasteiger partial charge in [-0.15, -0.1) is 0 Å². The fraction of sp³-hybridized carbons (Fsp3) is 0.333. The van der Waals surface area contributed by atoms with Crippen LogP contribution in [-0.4, -0.2) is 37.0 Å². The maximum Gasteiger partial charge on any atom is 0.261 e. The van der Waals surface area contributed by atoms with Gasteiger partial charge >= 0.3 is 0 Å². The molecule has 0 aliphatic rings. The molecule has 2 aromatic rings. The molecule has 7 nitrogen and oxygen atoms in total. The summed E-state index contributed by atoms with van der Waals surface area (Å²) in [4.78, 5) is 9.82. The molecule has 0 aliphatic carbocycles. The van der Waals surface area contributed by atoms with Crippen molar-refractivity contribution in [3.05, 3.63) is 35.4 Å². The average Bonchev–Trinajstić information content (AvgIpc) is 2.78. The summed E-state index contributed by atoms with van der Waals surface area (Å²) in [6, 6.07) is 3.55. The number of anilines is 1. The lowest BCUT2D eigenvalue weighted by atomic mass is 10.2. The van der Waals surface area contributed by atoms with Gasteiger partial charge < -0.3 is 9.47 Å². The van der Waals surface area contributed by atoms with Crippen molar-refractivity contribution in [2.24, 2.45) is 7.05 Å². The summed E-state index contributed by atoms with van der Waals surface area (Å²) in [5.41, 5.74) is 0.796. The summed E-state index contributed by atoms with van der Waals surface area (Å²) in [5.74, 6) is 0.752. The summed E-state index contributed by atoms with van der Waals surface area (Å²) < 4.78 is 28.2. The maximum absolute atomic E-state index is 12.2. The molecule has 21 heavy (non-hydrogen) atoms. The van der Waals surface area contributed by atoms with Gasteiger partial charge in [0, 0.05) is 33.9 Å². The van der Waals surface area contributed by atoms with E-state index in [4.69, 9.17) is 11.6 Å². The average molecular weight is 330 g/mol. The Hall–Kier alpha value is -1.64. The minimum absolute atomic E-state index is 0.0752. The molecule has 0 saturated heterocycles. The third-order valence-electron chi connectivity index (χ3n) is 2.82. The highest BCUT2D eigenvalue weighted by Crippen LogP contribution is 2.18. The molecule has 1 N–H and O–H groups in total. The molecular weight excluding hydrogens is 314 g/mol. The summed E-state index contributed by atoms with van der Waals surface area (Å²) in [6.07, 6.45) is 2.99. The van der Waals surface area contributed by atoms with E-state index < -0.39 is 10.0 Å². The molecule has 0 bridgehead atoms. The van der Waals surface area contributed by atoms with E-state index in [2.05, 4.69) is 14.7 Å². The van der Waals surface area contributed by atoms with Gasteiger partial charge in [-0.3, -0.25) is 0 Å². The summed E-state index contributed by atoms with van der Waals surface area (Å²) in [5, 5.41) is -0.0974. The molecule has 0 spiro atoms. The van der Waals surface area contributed by atoms with E-state index in [0.717, 1.165) is 11.4 Å². The predicted molar refractivity (Wildman–Crippen MR) is 80.8 cm³/mol. The normalized spacial score (nSPS) is 11.6. The Balaban J connectivity index is 2.16. The van der Waals surface area contributed by atoms with Crippen molar-refractivity contribution in [1.29, 1.82) is 0 Å².